The van der Waals surface area contributed by atoms with Crippen molar-refractivity contribution in [1.82, 2.24) is 9.38 Å². The molecule has 0 amide bonds. The predicted molar refractivity (Wildman–Crippen MR) is 81.1 cm³/mol. The van der Waals surface area contributed by atoms with Crippen LogP contribution in [0, 0.1) is 5.82 Å². The molecule has 0 bridgehead atoms. The second-order valence-electron chi connectivity index (χ2n) is 4.66. The Bertz CT molecular complexity index is 750. The molecule has 3 aromatic rings. The molecule has 0 aliphatic carbocycles. The van der Waals surface area contributed by atoms with Crippen LogP contribution in [-0.4, -0.2) is 9.38 Å². The summed E-state index contributed by atoms with van der Waals surface area (Å²) in [5, 5.41) is 0. The summed E-state index contributed by atoms with van der Waals surface area (Å²) in [7, 11) is 0. The van der Waals surface area contributed by atoms with Crippen LogP contribution in [0.15, 0.2) is 47.2 Å². The van der Waals surface area contributed by atoms with Crippen molar-refractivity contribution in [2.75, 3.05) is 5.73 Å². The van der Waals surface area contributed by atoms with E-state index < -0.39 is 0 Å². The second-order valence-corrected chi connectivity index (χ2v) is 5.41. The van der Waals surface area contributed by atoms with Gasteiger partial charge in [0.1, 0.15) is 16.2 Å². The first-order valence-corrected chi connectivity index (χ1v) is 7.09. The van der Waals surface area contributed by atoms with Gasteiger partial charge in [0.25, 0.3) is 0 Å². The fourth-order valence-corrected chi connectivity index (χ4v) is 2.72. The number of nitrogens with zero attached hydrogens (tertiary/aromatic N) is 2. The predicted octanol–water partition coefficient (Wildman–Crippen LogP) is 3.60. The van der Waals surface area contributed by atoms with Gasteiger partial charge in [-0.25, -0.2) is 9.37 Å². The quantitative estimate of drug-likeness (QED) is 0.795. The number of pyridine rings is 1. The van der Waals surface area contributed by atoms with Gasteiger partial charge in [-0.1, -0.05) is 12.1 Å². The van der Waals surface area contributed by atoms with Crippen LogP contribution >= 0.6 is 15.9 Å². The largest absolute Gasteiger partial charge is 0.399 e. The van der Waals surface area contributed by atoms with Crippen molar-refractivity contribution in [2.45, 2.75) is 12.8 Å². The lowest BCUT2D eigenvalue weighted by Gasteiger charge is -2.03. The van der Waals surface area contributed by atoms with Gasteiger partial charge in [0, 0.05) is 18.3 Å². The molecule has 3 nitrogen and oxygen atoms in total. The summed E-state index contributed by atoms with van der Waals surface area (Å²) in [4.78, 5) is 4.51. The Morgan fingerprint density at radius 1 is 1.15 bits per heavy atom. The first kappa shape index (κ1) is 13.1. The van der Waals surface area contributed by atoms with E-state index in [4.69, 9.17) is 5.73 Å². The number of aromatic nitrogens is 2. The van der Waals surface area contributed by atoms with E-state index >= 15 is 0 Å². The number of rotatable bonds is 3. The third-order valence-electron chi connectivity index (χ3n) is 3.25. The number of nitrogens with two attached hydrogens (primary N) is 1. The van der Waals surface area contributed by atoms with Crippen molar-refractivity contribution in [3.63, 3.8) is 0 Å². The summed E-state index contributed by atoms with van der Waals surface area (Å²) >= 11 is 3.45. The van der Waals surface area contributed by atoms with Gasteiger partial charge in [-0.05, 0) is 52.2 Å². The maximum absolute atomic E-state index is 12.9. The molecule has 0 saturated heterocycles. The van der Waals surface area contributed by atoms with E-state index in [1.807, 2.05) is 22.7 Å². The van der Waals surface area contributed by atoms with Crippen LogP contribution in [0.25, 0.3) is 5.52 Å². The van der Waals surface area contributed by atoms with Gasteiger partial charge in [0.05, 0.1) is 5.52 Å². The van der Waals surface area contributed by atoms with Gasteiger partial charge in [-0.15, -0.1) is 0 Å². The third-order valence-corrected chi connectivity index (χ3v) is 3.83. The molecule has 0 atom stereocenters. The zero-order chi connectivity index (χ0) is 14.1. The first-order chi connectivity index (χ1) is 9.63. The Morgan fingerprint density at radius 3 is 2.65 bits per heavy atom. The topological polar surface area (TPSA) is 43.3 Å². The highest BCUT2D eigenvalue weighted by Crippen LogP contribution is 2.22. The fraction of sp³-hybridized carbons (Fsp3) is 0.133. The monoisotopic (exact) mass is 333 g/mol. The highest BCUT2D eigenvalue weighted by atomic mass is 79.9. The number of benzene rings is 1. The lowest BCUT2D eigenvalue weighted by Crippen LogP contribution is -1.98. The maximum atomic E-state index is 12.9. The Balaban J connectivity index is 1.86. The Kier molecular flexibility index (Phi) is 3.44. The number of imidazole rings is 1. The van der Waals surface area contributed by atoms with Crippen molar-refractivity contribution in [3.8, 4) is 0 Å². The van der Waals surface area contributed by atoms with Crippen molar-refractivity contribution < 1.29 is 4.39 Å². The van der Waals surface area contributed by atoms with E-state index in [-0.39, 0.29) is 5.82 Å². The number of aryl methyl sites for hydroxylation is 2. The van der Waals surface area contributed by atoms with Crippen LogP contribution in [0.3, 0.4) is 0 Å². The number of hydrogen-bond donors (Lipinski definition) is 1. The van der Waals surface area contributed by atoms with Crippen molar-refractivity contribution in [3.05, 3.63) is 64.4 Å². The van der Waals surface area contributed by atoms with Crippen LogP contribution in [0.2, 0.25) is 0 Å². The lowest BCUT2D eigenvalue weighted by atomic mass is 10.1. The number of hydrogen-bond acceptors (Lipinski definition) is 2. The van der Waals surface area contributed by atoms with Crippen molar-refractivity contribution in [1.29, 1.82) is 0 Å². The molecule has 2 aromatic heterocycles. The van der Waals surface area contributed by atoms with Gasteiger partial charge in [-0.3, -0.25) is 0 Å². The highest BCUT2D eigenvalue weighted by molar-refractivity contribution is 9.10. The minimum atomic E-state index is -0.210. The van der Waals surface area contributed by atoms with Gasteiger partial charge in [-0.2, -0.15) is 0 Å². The normalized spacial score (nSPS) is 11.1. The molecular weight excluding hydrogens is 321 g/mol. The smallest absolute Gasteiger partial charge is 0.132 e. The second kappa shape index (κ2) is 5.25. The SMILES string of the molecule is Nc1ccn2c(CCc3ccc(F)cc3)nc(Br)c2c1. The van der Waals surface area contributed by atoms with Gasteiger partial charge < -0.3 is 10.1 Å². The molecule has 102 valence electrons. The summed E-state index contributed by atoms with van der Waals surface area (Å²) in [5.41, 5.74) is 8.54. The average molecular weight is 334 g/mol. The molecule has 0 fully saturated rings. The van der Waals surface area contributed by atoms with Crippen molar-refractivity contribution >= 4 is 27.1 Å². The van der Waals surface area contributed by atoms with E-state index in [0.29, 0.717) is 5.69 Å². The first-order valence-electron chi connectivity index (χ1n) is 6.30. The van der Waals surface area contributed by atoms with E-state index in [1.165, 1.54) is 12.1 Å². The third kappa shape index (κ3) is 2.54. The van der Waals surface area contributed by atoms with Crippen molar-refractivity contribution in [2.24, 2.45) is 0 Å². The van der Waals surface area contributed by atoms with Crippen LogP contribution in [0.1, 0.15) is 11.4 Å². The number of nitrogen functional groups attached to an aromatic ring is 1. The van der Waals surface area contributed by atoms with Gasteiger partial charge in [0.15, 0.2) is 0 Å². The van der Waals surface area contributed by atoms with Crippen LogP contribution < -0.4 is 5.73 Å². The average Bonchev–Trinajstić information content (AvgIpc) is 2.74. The molecule has 0 radical (unpaired) electrons. The maximum Gasteiger partial charge on any atom is 0.132 e. The lowest BCUT2D eigenvalue weighted by molar-refractivity contribution is 0.627. The fourth-order valence-electron chi connectivity index (χ4n) is 2.21. The summed E-state index contributed by atoms with van der Waals surface area (Å²) in [6.07, 6.45) is 3.51. The number of fused-ring (bicyclic) bond motifs is 1. The molecule has 1 aromatic carbocycles. The Labute approximate surface area is 124 Å². The zero-order valence-corrected chi connectivity index (χ0v) is 12.3. The van der Waals surface area contributed by atoms with Gasteiger partial charge >= 0.3 is 0 Å². The highest BCUT2D eigenvalue weighted by Gasteiger charge is 2.09. The van der Waals surface area contributed by atoms with Gasteiger partial charge in [0.2, 0.25) is 0 Å². The molecule has 0 spiro atoms. The minimum Gasteiger partial charge on any atom is -0.399 e. The molecule has 0 unspecified atom stereocenters. The summed E-state index contributed by atoms with van der Waals surface area (Å²) < 4.78 is 15.7. The molecule has 5 heteroatoms. The number of anilines is 1. The van der Waals surface area contributed by atoms with Crippen LogP contribution in [0.5, 0.6) is 0 Å². The summed E-state index contributed by atoms with van der Waals surface area (Å²) in [6.45, 7) is 0. The molecule has 0 saturated carbocycles. The van der Waals surface area contributed by atoms with E-state index in [9.17, 15) is 4.39 Å². The minimum absolute atomic E-state index is 0.210. The molecule has 0 aliphatic rings. The molecule has 20 heavy (non-hydrogen) atoms. The molecule has 2 heterocycles. The Hall–Kier alpha value is -1.88. The van der Waals surface area contributed by atoms with E-state index in [2.05, 4.69) is 20.9 Å². The summed E-state index contributed by atoms with van der Waals surface area (Å²) in [6, 6.07) is 10.3. The van der Waals surface area contributed by atoms with Crippen LogP contribution in [-0.2, 0) is 12.8 Å². The number of halogens is 2. The Morgan fingerprint density at radius 2 is 1.90 bits per heavy atom. The van der Waals surface area contributed by atoms with E-state index in [0.717, 1.165) is 34.3 Å². The molecule has 2 N–H and O–H groups in total. The molecular formula is C15H13BrFN3. The zero-order valence-electron chi connectivity index (χ0n) is 10.7. The van der Waals surface area contributed by atoms with Crippen LogP contribution in [0.4, 0.5) is 10.1 Å². The molecule has 3 rings (SSSR count). The standard InChI is InChI=1S/C15H13BrFN3/c16-15-13-9-12(18)7-8-20(13)14(19-15)6-3-10-1-4-11(17)5-2-10/h1-2,4-5,7-9H,3,6,18H2. The molecule has 0 aliphatic heterocycles. The van der Waals surface area contributed by atoms with E-state index in [1.54, 1.807) is 12.1 Å². The summed E-state index contributed by atoms with van der Waals surface area (Å²) in [5.74, 6) is 0.745.